The van der Waals surface area contributed by atoms with Gasteiger partial charge in [-0.3, -0.25) is 10.2 Å². The van der Waals surface area contributed by atoms with Gasteiger partial charge in [0.1, 0.15) is 0 Å². The third-order valence-corrected chi connectivity index (χ3v) is 2.29. The molecule has 2 N–H and O–H groups in total. The summed E-state index contributed by atoms with van der Waals surface area (Å²) in [5.41, 5.74) is 7.12. The van der Waals surface area contributed by atoms with Gasteiger partial charge in [0.25, 0.3) is 5.91 Å². The second-order valence-electron chi connectivity index (χ2n) is 2.61. The molecule has 4 heteroatoms. The molecule has 0 saturated heterocycles. The lowest BCUT2D eigenvalue weighted by molar-refractivity contribution is 0.0920. The van der Waals surface area contributed by atoms with Crippen LogP contribution in [0.5, 0.6) is 0 Å². The third-order valence-electron chi connectivity index (χ3n) is 1.79. The number of nitrogens with one attached hydrogen (secondary N) is 2. The minimum atomic E-state index is -0.0660. The number of hydrogen-bond donors (Lipinski definition) is 2. The fraction of sp³-hybridized carbons (Fsp3) is 0.125. The van der Waals surface area contributed by atoms with Gasteiger partial charge in [0.2, 0.25) is 0 Å². The molecule has 0 unspecified atom stereocenters. The molecule has 1 aromatic carbocycles. The highest BCUT2D eigenvalue weighted by Gasteiger charge is 2.15. The number of hydrogen-bond acceptors (Lipinski definition) is 2. The Bertz CT molecular complexity index is 338. The fourth-order valence-electron chi connectivity index (χ4n) is 1.22. The van der Waals surface area contributed by atoms with Crippen molar-refractivity contribution >= 4 is 21.8 Å². The number of halogens is 1. The van der Waals surface area contributed by atoms with E-state index in [0.717, 1.165) is 15.6 Å². The zero-order valence-electron chi connectivity index (χ0n) is 6.23. The van der Waals surface area contributed by atoms with Crippen LogP contribution in [0.4, 0.5) is 0 Å². The number of carbonyl (C=O) groups excluding carboxylic acids is 1. The molecule has 62 valence electrons. The van der Waals surface area contributed by atoms with E-state index in [0.29, 0.717) is 6.54 Å². The predicted octanol–water partition coefficient (Wildman–Crippen LogP) is 1.20. The Morgan fingerprint density at radius 2 is 2.25 bits per heavy atom. The summed E-state index contributed by atoms with van der Waals surface area (Å²) in [7, 11) is 0. The molecule has 0 bridgehead atoms. The molecule has 0 atom stereocenters. The zero-order valence-corrected chi connectivity index (χ0v) is 7.81. The summed E-state index contributed by atoms with van der Waals surface area (Å²) in [5.74, 6) is -0.0660. The van der Waals surface area contributed by atoms with Crippen molar-refractivity contribution in [2.75, 3.05) is 0 Å². The van der Waals surface area contributed by atoms with Gasteiger partial charge < -0.3 is 0 Å². The summed E-state index contributed by atoms with van der Waals surface area (Å²) in [6.07, 6.45) is 0. The van der Waals surface area contributed by atoms with Crippen molar-refractivity contribution in [1.82, 2.24) is 10.9 Å². The molecule has 0 aromatic heterocycles. The quantitative estimate of drug-likeness (QED) is 0.699. The van der Waals surface area contributed by atoms with Crippen LogP contribution < -0.4 is 10.9 Å². The van der Waals surface area contributed by atoms with Crippen LogP contribution in [0.1, 0.15) is 15.9 Å². The second kappa shape index (κ2) is 2.88. The normalized spacial score (nSPS) is 15.2. The van der Waals surface area contributed by atoms with Crippen molar-refractivity contribution < 1.29 is 4.79 Å². The number of carbonyl (C=O) groups is 1. The van der Waals surface area contributed by atoms with Gasteiger partial charge in [-0.2, -0.15) is 0 Å². The first-order chi connectivity index (χ1) is 5.77. The third kappa shape index (κ3) is 1.23. The molecule has 0 radical (unpaired) electrons. The Labute approximate surface area is 78.3 Å². The highest BCUT2D eigenvalue weighted by molar-refractivity contribution is 9.10. The average Bonchev–Trinajstić information content (AvgIpc) is 2.04. The van der Waals surface area contributed by atoms with E-state index in [9.17, 15) is 4.79 Å². The Morgan fingerprint density at radius 3 is 3.08 bits per heavy atom. The maximum absolute atomic E-state index is 11.2. The zero-order chi connectivity index (χ0) is 8.55. The number of rotatable bonds is 0. The molecule has 0 fully saturated rings. The first-order valence-electron chi connectivity index (χ1n) is 3.59. The Kier molecular flexibility index (Phi) is 1.86. The summed E-state index contributed by atoms with van der Waals surface area (Å²) in [6, 6.07) is 5.63. The van der Waals surface area contributed by atoms with Gasteiger partial charge in [0.05, 0.1) is 0 Å². The summed E-state index contributed by atoms with van der Waals surface area (Å²) >= 11 is 3.35. The Balaban J connectivity index is 2.53. The topological polar surface area (TPSA) is 41.1 Å². The van der Waals surface area contributed by atoms with Gasteiger partial charge >= 0.3 is 0 Å². The maximum atomic E-state index is 11.2. The van der Waals surface area contributed by atoms with E-state index in [2.05, 4.69) is 26.8 Å². The molecule has 1 amide bonds. The highest BCUT2D eigenvalue weighted by Crippen LogP contribution is 2.17. The number of hydrazine groups is 1. The SMILES string of the molecule is O=C1NNCc2cc(Br)ccc21. The summed E-state index contributed by atoms with van der Waals surface area (Å²) in [5, 5.41) is 0. The van der Waals surface area contributed by atoms with Crippen molar-refractivity contribution in [3.8, 4) is 0 Å². The largest absolute Gasteiger partial charge is 0.287 e. The van der Waals surface area contributed by atoms with E-state index in [1.807, 2.05) is 18.2 Å². The predicted molar refractivity (Wildman–Crippen MR) is 48.4 cm³/mol. The van der Waals surface area contributed by atoms with Crippen LogP contribution >= 0.6 is 15.9 Å². The van der Waals surface area contributed by atoms with E-state index < -0.39 is 0 Å². The molecule has 0 saturated carbocycles. The van der Waals surface area contributed by atoms with Crippen molar-refractivity contribution in [1.29, 1.82) is 0 Å². The molecular formula is C8H7BrN2O. The van der Waals surface area contributed by atoms with Crippen LogP contribution in [0, 0.1) is 0 Å². The van der Waals surface area contributed by atoms with E-state index >= 15 is 0 Å². The van der Waals surface area contributed by atoms with E-state index in [1.54, 1.807) is 0 Å². The van der Waals surface area contributed by atoms with E-state index in [-0.39, 0.29) is 5.91 Å². The number of fused-ring (bicyclic) bond motifs is 1. The molecule has 1 aliphatic rings. The van der Waals surface area contributed by atoms with Crippen LogP contribution in [0.2, 0.25) is 0 Å². The highest BCUT2D eigenvalue weighted by atomic mass is 79.9. The number of amides is 1. The monoisotopic (exact) mass is 226 g/mol. The Morgan fingerprint density at radius 1 is 1.42 bits per heavy atom. The van der Waals surface area contributed by atoms with Gasteiger partial charge in [-0.05, 0) is 23.8 Å². The van der Waals surface area contributed by atoms with E-state index in [4.69, 9.17) is 0 Å². The average molecular weight is 227 g/mol. The first kappa shape index (κ1) is 7.76. The molecule has 1 aromatic rings. The minimum absolute atomic E-state index is 0.0660. The minimum Gasteiger partial charge on any atom is -0.287 e. The van der Waals surface area contributed by atoms with Crippen molar-refractivity contribution in [3.05, 3.63) is 33.8 Å². The van der Waals surface area contributed by atoms with Gasteiger partial charge in [-0.15, -0.1) is 0 Å². The van der Waals surface area contributed by atoms with Crippen LogP contribution in [0.25, 0.3) is 0 Å². The summed E-state index contributed by atoms with van der Waals surface area (Å²) in [6.45, 7) is 0.681. The lowest BCUT2D eigenvalue weighted by Crippen LogP contribution is -2.41. The smallest absolute Gasteiger partial charge is 0.265 e. The van der Waals surface area contributed by atoms with Crippen LogP contribution in [0.15, 0.2) is 22.7 Å². The molecule has 1 heterocycles. The standard InChI is InChI=1S/C8H7BrN2O/c9-6-1-2-7-5(3-6)4-10-11-8(7)12/h1-3,10H,4H2,(H,11,12). The van der Waals surface area contributed by atoms with Gasteiger partial charge in [-0.25, -0.2) is 5.43 Å². The molecular weight excluding hydrogens is 220 g/mol. The summed E-state index contributed by atoms with van der Waals surface area (Å²) < 4.78 is 0.998. The molecule has 1 aliphatic heterocycles. The van der Waals surface area contributed by atoms with Gasteiger partial charge in [-0.1, -0.05) is 15.9 Å². The first-order valence-corrected chi connectivity index (χ1v) is 4.38. The molecule has 0 spiro atoms. The fourth-order valence-corrected chi connectivity index (χ4v) is 1.63. The van der Waals surface area contributed by atoms with Gasteiger partial charge in [0, 0.05) is 16.6 Å². The molecule has 3 nitrogen and oxygen atoms in total. The molecule has 12 heavy (non-hydrogen) atoms. The van der Waals surface area contributed by atoms with Crippen molar-refractivity contribution in [3.63, 3.8) is 0 Å². The molecule has 2 rings (SSSR count). The van der Waals surface area contributed by atoms with E-state index in [1.165, 1.54) is 0 Å². The number of benzene rings is 1. The lowest BCUT2D eigenvalue weighted by Gasteiger charge is -2.17. The van der Waals surface area contributed by atoms with Crippen LogP contribution in [0.3, 0.4) is 0 Å². The second-order valence-corrected chi connectivity index (χ2v) is 3.52. The van der Waals surface area contributed by atoms with Crippen molar-refractivity contribution in [2.24, 2.45) is 0 Å². The lowest BCUT2D eigenvalue weighted by atomic mass is 10.1. The van der Waals surface area contributed by atoms with Gasteiger partial charge in [0.15, 0.2) is 0 Å². The summed E-state index contributed by atoms with van der Waals surface area (Å²) in [4.78, 5) is 11.2. The Hall–Kier alpha value is -0.870. The maximum Gasteiger partial charge on any atom is 0.265 e. The van der Waals surface area contributed by atoms with Crippen LogP contribution in [-0.2, 0) is 6.54 Å². The van der Waals surface area contributed by atoms with Crippen molar-refractivity contribution in [2.45, 2.75) is 6.54 Å². The molecule has 0 aliphatic carbocycles. The van der Waals surface area contributed by atoms with Crippen LogP contribution in [-0.4, -0.2) is 5.91 Å².